The summed E-state index contributed by atoms with van der Waals surface area (Å²) < 4.78 is 20.7. The molecule has 0 aliphatic rings. The van der Waals surface area contributed by atoms with Crippen LogP contribution in [0.2, 0.25) is 15.2 Å². The Morgan fingerprint density at radius 3 is 2.77 bits per heavy atom. The predicted octanol–water partition coefficient (Wildman–Crippen LogP) is 5.69. The molecule has 0 saturated heterocycles. The average molecular weight is 468 g/mol. The van der Waals surface area contributed by atoms with Gasteiger partial charge in [0.25, 0.3) is 5.91 Å². The molecule has 3 aromatic rings. The first kappa shape index (κ1) is 21.9. The van der Waals surface area contributed by atoms with Crippen molar-refractivity contribution in [2.45, 2.75) is 19.4 Å². The molecule has 10 heteroatoms. The number of amides is 1. The zero-order chi connectivity index (χ0) is 21.7. The molecule has 1 amide bonds. The van der Waals surface area contributed by atoms with Crippen LogP contribution < -0.4 is 10.1 Å². The molecule has 6 nitrogen and oxygen atoms in total. The van der Waals surface area contributed by atoms with E-state index in [1.54, 1.807) is 12.1 Å². The van der Waals surface area contributed by atoms with Gasteiger partial charge in [0.2, 0.25) is 0 Å². The summed E-state index contributed by atoms with van der Waals surface area (Å²) in [5, 5.41) is 11.8. The largest absolute Gasteiger partial charge is 0.453 e. The zero-order valence-electron chi connectivity index (χ0n) is 15.3. The molecular weight excluding hydrogens is 454 g/mol. The Bertz CT molecular complexity index is 1130. The van der Waals surface area contributed by atoms with Gasteiger partial charge in [0, 0.05) is 23.6 Å². The molecule has 2 aromatic carbocycles. The normalized spacial score (nSPS) is 10.5. The molecule has 0 aliphatic carbocycles. The lowest BCUT2D eigenvalue weighted by Crippen LogP contribution is -2.24. The van der Waals surface area contributed by atoms with Gasteiger partial charge in [0.05, 0.1) is 17.4 Å². The van der Waals surface area contributed by atoms with Gasteiger partial charge in [-0.1, -0.05) is 40.9 Å². The lowest BCUT2D eigenvalue weighted by Gasteiger charge is -2.13. The van der Waals surface area contributed by atoms with Crippen molar-refractivity contribution < 1.29 is 13.9 Å². The Kier molecular flexibility index (Phi) is 7.16. The van der Waals surface area contributed by atoms with E-state index >= 15 is 4.39 Å². The van der Waals surface area contributed by atoms with Crippen molar-refractivity contribution in [3.8, 4) is 17.6 Å². The summed E-state index contributed by atoms with van der Waals surface area (Å²) in [7, 11) is 0. The number of hydrogen-bond acceptors (Lipinski definition) is 4. The van der Waals surface area contributed by atoms with Crippen LogP contribution in [0, 0.1) is 17.1 Å². The van der Waals surface area contributed by atoms with E-state index < -0.39 is 11.7 Å². The van der Waals surface area contributed by atoms with Crippen molar-refractivity contribution in [3.63, 3.8) is 0 Å². The molecule has 1 aromatic heterocycles. The SMILES string of the molecule is N#CCCc1cc(Cl)cc(Oc2c(Cl)ccc(CNC(=O)c3[nH]cnc3Cl)c2F)c1. The fraction of sp³-hybridized carbons (Fsp3) is 0.150. The summed E-state index contributed by atoms with van der Waals surface area (Å²) in [6.45, 7) is -0.128. The van der Waals surface area contributed by atoms with Crippen LogP contribution in [0.1, 0.15) is 28.0 Å². The molecule has 30 heavy (non-hydrogen) atoms. The van der Waals surface area contributed by atoms with Crippen LogP contribution in [-0.4, -0.2) is 15.9 Å². The minimum Gasteiger partial charge on any atom is -0.453 e. The van der Waals surface area contributed by atoms with Crippen LogP contribution in [0.5, 0.6) is 11.5 Å². The summed E-state index contributed by atoms with van der Waals surface area (Å²) in [6.07, 6.45) is 2.07. The number of hydrogen-bond donors (Lipinski definition) is 2. The highest BCUT2D eigenvalue weighted by Gasteiger charge is 2.18. The summed E-state index contributed by atoms with van der Waals surface area (Å²) >= 11 is 18.0. The molecule has 0 aliphatic heterocycles. The van der Waals surface area contributed by atoms with Gasteiger partial charge in [-0.2, -0.15) is 5.26 Å². The number of carbonyl (C=O) groups is 1. The fourth-order valence-electron chi connectivity index (χ4n) is 2.65. The molecule has 0 bridgehead atoms. The number of imidazole rings is 1. The van der Waals surface area contributed by atoms with Gasteiger partial charge in [-0.25, -0.2) is 9.37 Å². The van der Waals surface area contributed by atoms with Gasteiger partial charge < -0.3 is 15.0 Å². The molecule has 0 atom stereocenters. The van der Waals surface area contributed by atoms with E-state index in [0.29, 0.717) is 17.9 Å². The van der Waals surface area contributed by atoms with E-state index in [2.05, 4.69) is 21.4 Å². The van der Waals surface area contributed by atoms with Gasteiger partial charge in [-0.15, -0.1) is 0 Å². The van der Waals surface area contributed by atoms with Crippen LogP contribution in [0.15, 0.2) is 36.7 Å². The first-order chi connectivity index (χ1) is 14.4. The van der Waals surface area contributed by atoms with E-state index in [0.717, 1.165) is 5.56 Å². The lowest BCUT2D eigenvalue weighted by molar-refractivity contribution is 0.0946. The van der Waals surface area contributed by atoms with Crippen molar-refractivity contribution in [3.05, 3.63) is 74.5 Å². The summed E-state index contributed by atoms with van der Waals surface area (Å²) in [5.41, 5.74) is 1.01. The number of benzene rings is 2. The van der Waals surface area contributed by atoms with E-state index in [1.165, 1.54) is 24.5 Å². The summed E-state index contributed by atoms with van der Waals surface area (Å²) in [6, 6.07) is 9.84. The van der Waals surface area contributed by atoms with E-state index in [4.69, 9.17) is 44.8 Å². The molecule has 0 radical (unpaired) electrons. The number of aromatic nitrogens is 2. The second kappa shape index (κ2) is 9.81. The van der Waals surface area contributed by atoms with Crippen molar-refractivity contribution in [1.29, 1.82) is 5.26 Å². The number of nitrogens with zero attached hydrogens (tertiary/aromatic N) is 2. The number of nitrogens with one attached hydrogen (secondary N) is 2. The molecule has 3 rings (SSSR count). The standard InChI is InChI=1S/C20H14Cl3FN4O2/c21-13-6-11(2-1-5-25)7-14(8-13)30-18-15(22)4-3-12(16(18)24)9-26-20(29)17-19(23)28-10-27-17/h3-4,6-8,10H,1-2,9H2,(H,26,29)(H,27,28). The van der Waals surface area contributed by atoms with Crippen molar-refractivity contribution >= 4 is 40.7 Å². The molecule has 0 fully saturated rings. The maximum Gasteiger partial charge on any atom is 0.271 e. The third kappa shape index (κ3) is 5.22. The topological polar surface area (TPSA) is 90.8 Å². The predicted molar refractivity (Wildman–Crippen MR) is 112 cm³/mol. The van der Waals surface area contributed by atoms with Crippen LogP contribution >= 0.6 is 34.8 Å². The third-order valence-corrected chi connectivity index (χ3v) is 4.87. The third-order valence-electron chi connectivity index (χ3n) is 4.07. The minimum absolute atomic E-state index is 0.0151. The van der Waals surface area contributed by atoms with Crippen molar-refractivity contribution in [2.75, 3.05) is 0 Å². The molecule has 0 spiro atoms. The number of aryl methyl sites for hydroxylation is 1. The van der Waals surface area contributed by atoms with Crippen LogP contribution in [-0.2, 0) is 13.0 Å². The quantitative estimate of drug-likeness (QED) is 0.467. The number of ether oxygens (including phenoxy) is 1. The monoisotopic (exact) mass is 466 g/mol. The Balaban J connectivity index is 1.80. The zero-order valence-corrected chi connectivity index (χ0v) is 17.6. The number of nitriles is 1. The molecule has 0 unspecified atom stereocenters. The highest BCUT2D eigenvalue weighted by atomic mass is 35.5. The van der Waals surface area contributed by atoms with Gasteiger partial charge in [-0.3, -0.25) is 4.79 Å². The number of H-pyrrole nitrogens is 1. The smallest absolute Gasteiger partial charge is 0.271 e. The second-order valence-corrected chi connectivity index (χ2v) is 7.36. The highest BCUT2D eigenvalue weighted by molar-refractivity contribution is 6.32. The van der Waals surface area contributed by atoms with E-state index in [-0.39, 0.29) is 39.5 Å². The number of carbonyl (C=O) groups excluding carboxylic acids is 1. The van der Waals surface area contributed by atoms with Crippen molar-refractivity contribution in [1.82, 2.24) is 15.3 Å². The highest BCUT2D eigenvalue weighted by Crippen LogP contribution is 2.35. The van der Waals surface area contributed by atoms with Crippen molar-refractivity contribution in [2.24, 2.45) is 0 Å². The van der Waals surface area contributed by atoms with Crippen LogP contribution in [0.3, 0.4) is 0 Å². The van der Waals surface area contributed by atoms with Gasteiger partial charge in [0.1, 0.15) is 11.4 Å². The first-order valence-corrected chi connectivity index (χ1v) is 9.80. The molecule has 0 saturated carbocycles. The molecule has 154 valence electrons. The number of halogens is 4. The van der Waals surface area contributed by atoms with Gasteiger partial charge in [-0.05, 0) is 36.2 Å². The summed E-state index contributed by atoms with van der Waals surface area (Å²) in [5.74, 6) is -1.18. The Morgan fingerprint density at radius 2 is 2.07 bits per heavy atom. The summed E-state index contributed by atoms with van der Waals surface area (Å²) in [4.78, 5) is 18.5. The maximum atomic E-state index is 15.0. The lowest BCUT2D eigenvalue weighted by atomic mass is 10.1. The Hall–Kier alpha value is -2.79. The number of rotatable bonds is 7. The van der Waals surface area contributed by atoms with Gasteiger partial charge >= 0.3 is 0 Å². The fourth-order valence-corrected chi connectivity index (χ4v) is 3.27. The number of aromatic amines is 1. The Morgan fingerprint density at radius 1 is 1.27 bits per heavy atom. The van der Waals surface area contributed by atoms with E-state index in [1.807, 2.05) is 0 Å². The van der Waals surface area contributed by atoms with Crippen LogP contribution in [0.4, 0.5) is 4.39 Å². The first-order valence-electron chi connectivity index (χ1n) is 8.67. The van der Waals surface area contributed by atoms with E-state index in [9.17, 15) is 4.79 Å². The molecule has 1 heterocycles. The minimum atomic E-state index is -0.725. The Labute approximate surface area is 186 Å². The molecule has 2 N–H and O–H groups in total. The molecular formula is C20H14Cl3FN4O2. The average Bonchev–Trinajstić information content (AvgIpc) is 3.14. The van der Waals surface area contributed by atoms with Crippen LogP contribution in [0.25, 0.3) is 0 Å². The maximum absolute atomic E-state index is 15.0. The van der Waals surface area contributed by atoms with Gasteiger partial charge in [0.15, 0.2) is 16.7 Å². The second-order valence-electron chi connectivity index (χ2n) is 6.16.